The third kappa shape index (κ3) is 4.04. The maximum atomic E-state index is 13.2. The molecule has 4 heteroatoms. The zero-order chi connectivity index (χ0) is 26.1. The quantitative estimate of drug-likeness (QED) is 0.470. The monoisotopic (exact) mass is 505 g/mol. The van der Waals surface area contributed by atoms with E-state index >= 15 is 0 Å². The van der Waals surface area contributed by atoms with Crippen LogP contribution in [0.2, 0.25) is 0 Å². The molecule has 0 spiro atoms. The van der Waals surface area contributed by atoms with Crippen molar-refractivity contribution in [1.82, 2.24) is 4.57 Å². The van der Waals surface area contributed by atoms with Crippen molar-refractivity contribution in [3.8, 4) is 0 Å². The fraction of sp³-hybridized carbons (Fsp3) is 0.727. The van der Waals surface area contributed by atoms with Gasteiger partial charge in [-0.15, -0.1) is 0 Å². The minimum absolute atomic E-state index is 0.177. The Balaban J connectivity index is 1.15. The van der Waals surface area contributed by atoms with Crippen LogP contribution in [-0.4, -0.2) is 32.9 Å². The van der Waals surface area contributed by atoms with Crippen LogP contribution in [0.25, 0.3) is 10.9 Å². The Bertz CT molecular complexity index is 1170. The molecule has 0 aliphatic heterocycles. The average molecular weight is 506 g/mol. The van der Waals surface area contributed by atoms with Crippen molar-refractivity contribution in [2.75, 3.05) is 0 Å². The lowest BCUT2D eigenvalue weighted by Crippen LogP contribution is -2.58. The molecule has 0 saturated heterocycles. The molecule has 4 fully saturated rings. The predicted molar refractivity (Wildman–Crippen MR) is 148 cm³/mol. The summed E-state index contributed by atoms with van der Waals surface area (Å²) < 4.78 is 1.85. The average Bonchev–Trinajstić information content (AvgIpc) is 3.44. The molecule has 2 N–H and O–H groups in total. The summed E-state index contributed by atoms with van der Waals surface area (Å²) in [5.41, 5.74) is 2.78. The van der Waals surface area contributed by atoms with E-state index in [0.717, 1.165) is 43.0 Å². The van der Waals surface area contributed by atoms with Gasteiger partial charge in [0, 0.05) is 18.0 Å². The lowest BCUT2D eigenvalue weighted by Gasteiger charge is -2.62. The van der Waals surface area contributed by atoms with Crippen molar-refractivity contribution in [2.45, 2.75) is 104 Å². The molecular formula is C33H47NO3. The van der Waals surface area contributed by atoms with Crippen LogP contribution in [0.3, 0.4) is 0 Å². The Hall–Kier alpha value is -1.65. The van der Waals surface area contributed by atoms with Gasteiger partial charge in [0.2, 0.25) is 5.91 Å². The summed E-state index contributed by atoms with van der Waals surface area (Å²) in [6, 6.07) is 8.36. The van der Waals surface area contributed by atoms with Gasteiger partial charge in [-0.3, -0.25) is 9.36 Å². The van der Waals surface area contributed by atoms with Crippen LogP contribution < -0.4 is 0 Å². The van der Waals surface area contributed by atoms with Gasteiger partial charge in [0.05, 0.1) is 17.7 Å². The Kier molecular flexibility index (Phi) is 6.39. The second kappa shape index (κ2) is 9.23. The third-order valence-corrected chi connectivity index (χ3v) is 12.3. The summed E-state index contributed by atoms with van der Waals surface area (Å²) in [5, 5.41) is 23.0. The molecule has 4 aliphatic carbocycles. The molecule has 0 unspecified atom stereocenters. The number of nitrogens with zero attached hydrogens (tertiary/aromatic N) is 1. The van der Waals surface area contributed by atoms with Crippen molar-refractivity contribution in [3.05, 3.63) is 36.0 Å². The van der Waals surface area contributed by atoms with Crippen molar-refractivity contribution in [2.24, 2.45) is 46.3 Å². The Morgan fingerprint density at radius 1 is 1.03 bits per heavy atom. The first-order valence-electron chi connectivity index (χ1n) is 15.1. The summed E-state index contributed by atoms with van der Waals surface area (Å²) in [4.78, 5) is 13.2. The van der Waals surface area contributed by atoms with Crippen LogP contribution in [0.4, 0.5) is 0 Å². The van der Waals surface area contributed by atoms with E-state index in [1.165, 1.54) is 31.2 Å². The molecule has 1 heterocycles. The van der Waals surface area contributed by atoms with E-state index < -0.39 is 0 Å². The van der Waals surface area contributed by atoms with Crippen LogP contribution >= 0.6 is 0 Å². The highest BCUT2D eigenvalue weighted by atomic mass is 16.3. The molecule has 0 amide bonds. The van der Waals surface area contributed by atoms with E-state index in [1.807, 2.05) is 10.8 Å². The second-order valence-corrected chi connectivity index (χ2v) is 14.1. The van der Waals surface area contributed by atoms with Gasteiger partial charge in [-0.1, -0.05) is 32.4 Å². The number of carbonyl (C=O) groups is 1. The molecule has 6 rings (SSSR count). The molecule has 2 aromatic rings. The third-order valence-electron chi connectivity index (χ3n) is 12.3. The van der Waals surface area contributed by atoms with E-state index in [2.05, 4.69) is 52.0 Å². The van der Waals surface area contributed by atoms with Gasteiger partial charge in [-0.2, -0.15) is 0 Å². The van der Waals surface area contributed by atoms with E-state index in [-0.39, 0.29) is 28.9 Å². The number of carbonyl (C=O) groups excluding carboxylic acids is 1. The Morgan fingerprint density at radius 3 is 2.59 bits per heavy atom. The first-order chi connectivity index (χ1) is 17.6. The Labute approximate surface area is 222 Å². The largest absolute Gasteiger partial charge is 0.393 e. The van der Waals surface area contributed by atoms with Crippen LogP contribution in [0.15, 0.2) is 30.5 Å². The normalized spacial score (nSPS) is 42.2. The van der Waals surface area contributed by atoms with Crippen molar-refractivity contribution in [1.29, 1.82) is 0 Å². The lowest BCUT2D eigenvalue weighted by atomic mass is 9.43. The molecule has 37 heavy (non-hydrogen) atoms. The van der Waals surface area contributed by atoms with Crippen molar-refractivity contribution < 1.29 is 15.0 Å². The summed E-state index contributed by atoms with van der Waals surface area (Å²) in [7, 11) is 0. The van der Waals surface area contributed by atoms with Crippen LogP contribution in [-0.2, 0) is 0 Å². The fourth-order valence-corrected chi connectivity index (χ4v) is 10.3. The van der Waals surface area contributed by atoms with E-state index in [0.29, 0.717) is 41.9 Å². The molecule has 4 saturated carbocycles. The van der Waals surface area contributed by atoms with Crippen molar-refractivity contribution in [3.63, 3.8) is 0 Å². The van der Waals surface area contributed by atoms with E-state index in [4.69, 9.17) is 0 Å². The van der Waals surface area contributed by atoms with Gasteiger partial charge >= 0.3 is 0 Å². The van der Waals surface area contributed by atoms with Gasteiger partial charge in [-0.05, 0) is 129 Å². The predicted octanol–water partition coefficient (Wildman–Crippen LogP) is 7.00. The molecule has 4 aliphatic rings. The van der Waals surface area contributed by atoms with Gasteiger partial charge in [0.15, 0.2) is 0 Å². The van der Waals surface area contributed by atoms with Gasteiger partial charge in [-0.25, -0.2) is 0 Å². The highest BCUT2D eigenvalue weighted by Crippen LogP contribution is 2.68. The van der Waals surface area contributed by atoms with Crippen LogP contribution in [0.1, 0.15) is 95.3 Å². The first-order valence-corrected chi connectivity index (χ1v) is 15.1. The first kappa shape index (κ1) is 25.6. The molecule has 1 aromatic carbocycles. The number of hydrogen-bond acceptors (Lipinski definition) is 3. The number of fused-ring (bicyclic) bond motifs is 6. The zero-order valence-corrected chi connectivity index (χ0v) is 23.3. The Morgan fingerprint density at radius 2 is 1.78 bits per heavy atom. The van der Waals surface area contributed by atoms with Gasteiger partial charge < -0.3 is 10.2 Å². The maximum absolute atomic E-state index is 13.2. The standard InChI is InChI=1S/C33H47NO3/c1-20-5-9-28-22(17-20)13-16-34(28)30(37)10-6-21(2)25-7-8-26-31-27(12-15-33(25,26)4)32(3)14-11-24(35)18-23(32)19-29(31)36/h5,9,13,16-17,21,23-27,29,31,35-36H,6-8,10-12,14-15,18-19H2,1-4H3/t21-,23+,24-,25-,26+,27+,29-,31+,32+,33-/m1/s1. The summed E-state index contributed by atoms with van der Waals surface area (Å²) >= 11 is 0. The highest BCUT2D eigenvalue weighted by Gasteiger charge is 2.62. The number of benzene rings is 1. The lowest BCUT2D eigenvalue weighted by molar-refractivity contribution is -0.174. The number of rotatable bonds is 4. The summed E-state index contributed by atoms with van der Waals surface area (Å²) in [5.74, 6) is 3.39. The number of aliphatic hydroxyl groups is 2. The molecule has 0 radical (unpaired) electrons. The molecule has 10 atom stereocenters. The fourth-order valence-electron chi connectivity index (χ4n) is 10.3. The van der Waals surface area contributed by atoms with Crippen molar-refractivity contribution >= 4 is 16.8 Å². The second-order valence-electron chi connectivity index (χ2n) is 14.1. The molecule has 4 nitrogen and oxygen atoms in total. The van der Waals surface area contributed by atoms with Crippen LogP contribution in [0.5, 0.6) is 0 Å². The topological polar surface area (TPSA) is 62.5 Å². The highest BCUT2D eigenvalue weighted by molar-refractivity contribution is 5.92. The maximum Gasteiger partial charge on any atom is 0.231 e. The van der Waals surface area contributed by atoms with Gasteiger partial charge in [0.1, 0.15) is 0 Å². The number of aryl methyl sites for hydroxylation is 1. The molecule has 202 valence electrons. The van der Waals surface area contributed by atoms with E-state index in [1.54, 1.807) is 0 Å². The number of aliphatic hydroxyl groups excluding tert-OH is 2. The summed E-state index contributed by atoms with van der Waals surface area (Å²) in [6.07, 6.45) is 11.8. The number of hydrogen-bond donors (Lipinski definition) is 2. The number of aromatic nitrogens is 1. The minimum Gasteiger partial charge on any atom is -0.393 e. The zero-order valence-electron chi connectivity index (χ0n) is 23.3. The smallest absolute Gasteiger partial charge is 0.231 e. The summed E-state index contributed by atoms with van der Waals surface area (Å²) in [6.45, 7) is 9.49. The van der Waals surface area contributed by atoms with Crippen LogP contribution in [0, 0.1) is 53.3 Å². The SMILES string of the molecule is Cc1ccc2c(ccn2C(=O)CC[C@@H](C)[C@H]2CC[C@H]3[C@@H]4[C@H](O)C[C@@H]5C[C@H](O)CC[C@]5(C)[C@H]4CC[C@]23C)c1. The molecule has 0 bridgehead atoms. The minimum atomic E-state index is -0.223. The van der Waals surface area contributed by atoms with E-state index in [9.17, 15) is 15.0 Å². The van der Waals surface area contributed by atoms with Gasteiger partial charge in [0.25, 0.3) is 0 Å². The molecular weight excluding hydrogens is 458 g/mol. The molecule has 1 aromatic heterocycles.